The minimum absolute atomic E-state index is 0.0536. The lowest BCUT2D eigenvalue weighted by Gasteiger charge is -2.29. The normalized spacial score (nSPS) is 14.8. The van der Waals surface area contributed by atoms with E-state index in [0.29, 0.717) is 6.42 Å². The van der Waals surface area contributed by atoms with E-state index in [0.717, 1.165) is 19.1 Å². The topological polar surface area (TPSA) is 37.3 Å². The van der Waals surface area contributed by atoms with Crippen molar-refractivity contribution in [3.05, 3.63) is 12.2 Å². The van der Waals surface area contributed by atoms with Gasteiger partial charge in [-0.3, -0.25) is 4.79 Å². The summed E-state index contributed by atoms with van der Waals surface area (Å²) in [6, 6.07) is 0. The number of carbonyl (C=O) groups excluding carboxylic acids is 1. The summed E-state index contributed by atoms with van der Waals surface area (Å²) in [7, 11) is 0. The number of aliphatic hydroxyl groups is 1. The molecule has 0 saturated heterocycles. The molecule has 0 fully saturated rings. The fourth-order valence-corrected chi connectivity index (χ4v) is 1.39. The lowest BCUT2D eigenvalue weighted by molar-refractivity contribution is -0.104. The first-order valence-electron chi connectivity index (χ1n) is 4.83. The quantitative estimate of drug-likeness (QED) is 0.508. The van der Waals surface area contributed by atoms with Crippen LogP contribution in [0.3, 0.4) is 0 Å². The summed E-state index contributed by atoms with van der Waals surface area (Å²) >= 11 is 0. The number of hydrogen-bond donors (Lipinski definition) is 1. The maximum Gasteiger partial charge on any atom is 0.142 e. The van der Waals surface area contributed by atoms with Gasteiger partial charge < -0.3 is 5.11 Å². The van der Waals surface area contributed by atoms with E-state index in [4.69, 9.17) is 0 Å². The van der Waals surface area contributed by atoms with Gasteiger partial charge in [0.15, 0.2) is 0 Å². The summed E-state index contributed by atoms with van der Waals surface area (Å²) < 4.78 is 0. The largest absolute Gasteiger partial charge is 0.392 e. The number of hydrogen-bond acceptors (Lipinski definition) is 2. The molecule has 2 heteroatoms. The van der Waals surface area contributed by atoms with E-state index in [1.807, 2.05) is 0 Å². The number of aldehydes is 1. The maximum atomic E-state index is 9.99. The first-order chi connectivity index (χ1) is 6.04. The third-order valence-corrected chi connectivity index (χ3v) is 2.37. The Bertz CT molecular complexity index is 171. The average Bonchev–Trinajstić information content (AvgIpc) is 2.04. The zero-order valence-corrected chi connectivity index (χ0v) is 8.79. The minimum atomic E-state index is -0.358. The Labute approximate surface area is 80.7 Å². The monoisotopic (exact) mass is 184 g/mol. The van der Waals surface area contributed by atoms with Crippen LogP contribution in [0.4, 0.5) is 0 Å². The summed E-state index contributed by atoms with van der Waals surface area (Å²) in [5, 5.41) is 9.77. The van der Waals surface area contributed by atoms with E-state index in [1.54, 1.807) is 6.08 Å². The Morgan fingerprint density at radius 3 is 2.54 bits per heavy atom. The molecule has 0 radical (unpaired) electrons. The van der Waals surface area contributed by atoms with Gasteiger partial charge in [-0.25, -0.2) is 0 Å². The Kier molecular flexibility index (Phi) is 5.63. The zero-order chi connectivity index (χ0) is 10.3. The molecule has 0 bridgehead atoms. The zero-order valence-electron chi connectivity index (χ0n) is 8.79. The molecule has 0 aliphatic carbocycles. The third kappa shape index (κ3) is 4.83. The van der Waals surface area contributed by atoms with Gasteiger partial charge in [0.25, 0.3) is 0 Å². The highest BCUT2D eigenvalue weighted by atomic mass is 16.3. The smallest absolute Gasteiger partial charge is 0.142 e. The molecule has 2 nitrogen and oxygen atoms in total. The van der Waals surface area contributed by atoms with Crippen LogP contribution in [0.15, 0.2) is 12.2 Å². The van der Waals surface area contributed by atoms with Crippen LogP contribution in [0.25, 0.3) is 0 Å². The maximum absolute atomic E-state index is 9.99. The van der Waals surface area contributed by atoms with Gasteiger partial charge in [-0.15, -0.1) is 0 Å². The van der Waals surface area contributed by atoms with Crippen molar-refractivity contribution < 1.29 is 9.90 Å². The number of aliphatic hydroxyl groups excluding tert-OH is 1. The van der Waals surface area contributed by atoms with Gasteiger partial charge in [0.05, 0.1) is 6.10 Å². The second kappa shape index (κ2) is 5.92. The van der Waals surface area contributed by atoms with E-state index in [-0.39, 0.29) is 11.5 Å². The van der Waals surface area contributed by atoms with E-state index >= 15 is 0 Å². The standard InChI is InChI=1S/C11H20O2/c1-4-8-11(2,3)10(13)7-5-6-9-12/h5-6,9-10,13H,4,7-8H2,1-3H3. The van der Waals surface area contributed by atoms with Gasteiger partial charge >= 0.3 is 0 Å². The molecule has 0 aromatic carbocycles. The average molecular weight is 184 g/mol. The predicted octanol–water partition coefficient (Wildman–Crippen LogP) is 2.32. The van der Waals surface area contributed by atoms with Crippen LogP contribution in [-0.4, -0.2) is 17.5 Å². The Balaban J connectivity index is 3.99. The van der Waals surface area contributed by atoms with E-state index in [1.165, 1.54) is 6.08 Å². The first kappa shape index (κ1) is 12.4. The molecule has 1 unspecified atom stereocenters. The Morgan fingerprint density at radius 1 is 1.46 bits per heavy atom. The first-order valence-corrected chi connectivity index (χ1v) is 4.83. The summed E-state index contributed by atoms with van der Waals surface area (Å²) in [5.74, 6) is 0. The molecule has 0 saturated carbocycles. The van der Waals surface area contributed by atoms with Crippen molar-refractivity contribution in [1.82, 2.24) is 0 Å². The van der Waals surface area contributed by atoms with E-state index < -0.39 is 0 Å². The molecule has 76 valence electrons. The number of carbonyl (C=O) groups is 1. The molecular formula is C11H20O2. The molecule has 0 aliphatic rings. The molecule has 0 aliphatic heterocycles. The van der Waals surface area contributed by atoms with Gasteiger partial charge in [-0.05, 0) is 24.3 Å². The highest BCUT2D eigenvalue weighted by molar-refractivity contribution is 5.64. The van der Waals surface area contributed by atoms with Crippen molar-refractivity contribution in [3.8, 4) is 0 Å². The van der Waals surface area contributed by atoms with E-state index in [2.05, 4.69) is 20.8 Å². The highest BCUT2D eigenvalue weighted by Gasteiger charge is 2.25. The third-order valence-electron chi connectivity index (χ3n) is 2.37. The van der Waals surface area contributed by atoms with Crippen molar-refractivity contribution in [1.29, 1.82) is 0 Å². The molecule has 0 heterocycles. The summed E-state index contributed by atoms with van der Waals surface area (Å²) in [6.07, 6.45) is 6.17. The lowest BCUT2D eigenvalue weighted by atomic mass is 9.81. The second-order valence-corrected chi connectivity index (χ2v) is 4.05. The predicted molar refractivity (Wildman–Crippen MR) is 54.5 cm³/mol. The molecular weight excluding hydrogens is 164 g/mol. The Hall–Kier alpha value is -0.630. The van der Waals surface area contributed by atoms with Crippen molar-refractivity contribution in [2.75, 3.05) is 0 Å². The van der Waals surface area contributed by atoms with Crippen LogP contribution in [0.2, 0.25) is 0 Å². The van der Waals surface area contributed by atoms with Crippen molar-refractivity contribution in [3.63, 3.8) is 0 Å². The molecule has 0 aromatic rings. The molecule has 1 atom stereocenters. The van der Waals surface area contributed by atoms with E-state index in [9.17, 15) is 9.90 Å². The number of rotatable bonds is 6. The number of allylic oxidation sites excluding steroid dienone is 1. The molecule has 1 N–H and O–H groups in total. The van der Waals surface area contributed by atoms with Crippen molar-refractivity contribution in [2.24, 2.45) is 5.41 Å². The van der Waals surface area contributed by atoms with Gasteiger partial charge in [-0.2, -0.15) is 0 Å². The van der Waals surface area contributed by atoms with Crippen LogP contribution in [0, 0.1) is 5.41 Å². The fourth-order valence-electron chi connectivity index (χ4n) is 1.39. The fraction of sp³-hybridized carbons (Fsp3) is 0.727. The molecule has 0 spiro atoms. The molecule has 0 aromatic heterocycles. The van der Waals surface area contributed by atoms with Crippen LogP contribution in [-0.2, 0) is 4.79 Å². The van der Waals surface area contributed by atoms with Crippen LogP contribution in [0.5, 0.6) is 0 Å². The van der Waals surface area contributed by atoms with Crippen LogP contribution < -0.4 is 0 Å². The second-order valence-electron chi connectivity index (χ2n) is 4.05. The molecule has 13 heavy (non-hydrogen) atoms. The summed E-state index contributed by atoms with van der Waals surface area (Å²) in [6.45, 7) is 6.21. The van der Waals surface area contributed by atoms with Crippen LogP contribution in [0.1, 0.15) is 40.0 Å². The lowest BCUT2D eigenvalue weighted by Crippen LogP contribution is -2.28. The minimum Gasteiger partial charge on any atom is -0.392 e. The molecule has 0 amide bonds. The van der Waals surface area contributed by atoms with Gasteiger partial charge in [0.1, 0.15) is 6.29 Å². The summed E-state index contributed by atoms with van der Waals surface area (Å²) in [5.41, 5.74) is -0.0536. The Morgan fingerprint density at radius 2 is 2.08 bits per heavy atom. The van der Waals surface area contributed by atoms with Crippen molar-refractivity contribution in [2.45, 2.75) is 46.1 Å². The SMILES string of the molecule is CCCC(C)(C)C(O)CC=CC=O. The van der Waals surface area contributed by atoms with Gasteiger partial charge in [0, 0.05) is 0 Å². The van der Waals surface area contributed by atoms with Gasteiger partial charge in [-0.1, -0.05) is 33.3 Å². The van der Waals surface area contributed by atoms with Crippen LogP contribution >= 0.6 is 0 Å². The highest BCUT2D eigenvalue weighted by Crippen LogP contribution is 2.28. The summed E-state index contributed by atoms with van der Waals surface area (Å²) in [4.78, 5) is 9.99. The van der Waals surface area contributed by atoms with Crippen molar-refractivity contribution >= 4 is 6.29 Å². The molecule has 0 rings (SSSR count). The van der Waals surface area contributed by atoms with Gasteiger partial charge in [0.2, 0.25) is 0 Å².